The van der Waals surface area contributed by atoms with Crippen LogP contribution in [-0.2, 0) is 17.4 Å². The average Bonchev–Trinajstić information content (AvgIpc) is 2.46. The standard InChI is InChI=1S/C16H21F3N2O/c1-11(20)13-5-3-7-21(10-13)15(22)9-12-4-2-6-14(8-12)16(17,18)19/h2,4,6,8,11,13H,3,5,7,9-10,20H2,1H3/t11-,13-/m0/s1. The molecule has 0 spiro atoms. The summed E-state index contributed by atoms with van der Waals surface area (Å²) < 4.78 is 38.1. The number of likely N-dealkylation sites (tertiary alicyclic amines) is 1. The summed E-state index contributed by atoms with van der Waals surface area (Å²) in [4.78, 5) is 14.0. The van der Waals surface area contributed by atoms with Gasteiger partial charge in [-0.1, -0.05) is 18.2 Å². The largest absolute Gasteiger partial charge is 0.416 e. The first-order valence-corrected chi connectivity index (χ1v) is 7.47. The summed E-state index contributed by atoms with van der Waals surface area (Å²) in [5, 5.41) is 0. The van der Waals surface area contributed by atoms with Gasteiger partial charge < -0.3 is 10.6 Å². The fourth-order valence-corrected chi connectivity index (χ4v) is 2.81. The van der Waals surface area contributed by atoms with E-state index >= 15 is 0 Å². The van der Waals surface area contributed by atoms with Gasteiger partial charge in [-0.25, -0.2) is 0 Å². The molecule has 0 aromatic heterocycles. The Morgan fingerprint density at radius 1 is 1.45 bits per heavy atom. The van der Waals surface area contributed by atoms with E-state index in [2.05, 4.69) is 0 Å². The van der Waals surface area contributed by atoms with Crippen LogP contribution in [0.5, 0.6) is 0 Å². The molecular weight excluding hydrogens is 293 g/mol. The van der Waals surface area contributed by atoms with Crippen LogP contribution in [0.1, 0.15) is 30.9 Å². The number of halogens is 3. The van der Waals surface area contributed by atoms with Gasteiger partial charge in [0, 0.05) is 19.1 Å². The van der Waals surface area contributed by atoms with Crippen molar-refractivity contribution < 1.29 is 18.0 Å². The van der Waals surface area contributed by atoms with Crippen molar-refractivity contribution in [3.63, 3.8) is 0 Å². The molecule has 6 heteroatoms. The molecule has 2 N–H and O–H groups in total. The van der Waals surface area contributed by atoms with Crippen LogP contribution in [0.25, 0.3) is 0 Å². The molecule has 1 aliphatic rings. The number of benzene rings is 1. The van der Waals surface area contributed by atoms with E-state index in [1.54, 1.807) is 11.0 Å². The fourth-order valence-electron chi connectivity index (χ4n) is 2.81. The Bertz CT molecular complexity index is 528. The van der Waals surface area contributed by atoms with Gasteiger partial charge in [0.1, 0.15) is 0 Å². The van der Waals surface area contributed by atoms with Gasteiger partial charge in [-0.2, -0.15) is 13.2 Å². The quantitative estimate of drug-likeness (QED) is 0.932. The first-order valence-electron chi connectivity index (χ1n) is 7.47. The number of carbonyl (C=O) groups excluding carboxylic acids is 1. The predicted molar refractivity (Wildman–Crippen MR) is 78.1 cm³/mol. The van der Waals surface area contributed by atoms with E-state index in [-0.39, 0.29) is 24.3 Å². The molecular formula is C16H21F3N2O. The molecule has 1 fully saturated rings. The molecule has 0 radical (unpaired) electrons. The summed E-state index contributed by atoms with van der Waals surface area (Å²) in [7, 11) is 0. The van der Waals surface area contributed by atoms with E-state index in [0.29, 0.717) is 18.7 Å². The topological polar surface area (TPSA) is 46.3 Å². The third-order valence-electron chi connectivity index (χ3n) is 4.16. The van der Waals surface area contributed by atoms with Crippen LogP contribution < -0.4 is 5.73 Å². The minimum atomic E-state index is -4.38. The maximum Gasteiger partial charge on any atom is 0.416 e. The summed E-state index contributed by atoms with van der Waals surface area (Å²) >= 11 is 0. The molecule has 1 saturated heterocycles. The van der Waals surface area contributed by atoms with Crippen molar-refractivity contribution >= 4 is 5.91 Å². The van der Waals surface area contributed by atoms with E-state index in [1.165, 1.54) is 6.07 Å². The van der Waals surface area contributed by atoms with Crippen molar-refractivity contribution in [2.75, 3.05) is 13.1 Å². The summed E-state index contributed by atoms with van der Waals surface area (Å²) in [5.74, 6) is 0.129. The van der Waals surface area contributed by atoms with Crippen molar-refractivity contribution in [1.82, 2.24) is 4.90 Å². The third-order valence-corrected chi connectivity index (χ3v) is 4.16. The molecule has 22 heavy (non-hydrogen) atoms. The Morgan fingerprint density at radius 2 is 2.18 bits per heavy atom. The molecule has 2 rings (SSSR count). The highest BCUT2D eigenvalue weighted by atomic mass is 19.4. The second-order valence-electron chi connectivity index (χ2n) is 5.98. The molecule has 1 aromatic carbocycles. The van der Waals surface area contributed by atoms with Crippen molar-refractivity contribution in [2.24, 2.45) is 11.7 Å². The lowest BCUT2D eigenvalue weighted by Crippen LogP contribution is -2.45. The maximum atomic E-state index is 12.7. The highest BCUT2D eigenvalue weighted by Crippen LogP contribution is 2.29. The van der Waals surface area contributed by atoms with Crippen LogP contribution >= 0.6 is 0 Å². The molecule has 0 unspecified atom stereocenters. The van der Waals surface area contributed by atoms with Crippen LogP contribution in [0, 0.1) is 5.92 Å². The normalized spacial score (nSPS) is 20.8. The average molecular weight is 314 g/mol. The Morgan fingerprint density at radius 3 is 2.82 bits per heavy atom. The molecule has 1 amide bonds. The van der Waals surface area contributed by atoms with E-state index in [9.17, 15) is 18.0 Å². The van der Waals surface area contributed by atoms with Gasteiger partial charge in [-0.15, -0.1) is 0 Å². The van der Waals surface area contributed by atoms with Gasteiger partial charge in [0.05, 0.1) is 12.0 Å². The fraction of sp³-hybridized carbons (Fsp3) is 0.562. The Balaban J connectivity index is 2.03. The first kappa shape index (κ1) is 16.8. The molecule has 0 bridgehead atoms. The lowest BCUT2D eigenvalue weighted by Gasteiger charge is -2.34. The van der Waals surface area contributed by atoms with E-state index in [1.807, 2.05) is 6.92 Å². The second kappa shape index (κ2) is 6.69. The molecule has 1 heterocycles. The zero-order valence-electron chi connectivity index (χ0n) is 12.6. The van der Waals surface area contributed by atoms with Crippen molar-refractivity contribution in [3.8, 4) is 0 Å². The zero-order valence-corrected chi connectivity index (χ0v) is 12.6. The highest BCUT2D eigenvalue weighted by molar-refractivity contribution is 5.79. The molecule has 2 atom stereocenters. The summed E-state index contributed by atoms with van der Waals surface area (Å²) in [6, 6.07) is 4.97. The van der Waals surface area contributed by atoms with Gasteiger partial charge in [-0.05, 0) is 37.3 Å². The number of amides is 1. The van der Waals surface area contributed by atoms with E-state index in [4.69, 9.17) is 5.73 Å². The van der Waals surface area contributed by atoms with Crippen LogP contribution in [0.3, 0.4) is 0 Å². The minimum absolute atomic E-state index is 0.00437. The monoisotopic (exact) mass is 314 g/mol. The van der Waals surface area contributed by atoms with Gasteiger partial charge in [-0.3, -0.25) is 4.79 Å². The Labute approximate surface area is 128 Å². The van der Waals surface area contributed by atoms with Crippen molar-refractivity contribution in [3.05, 3.63) is 35.4 Å². The maximum absolute atomic E-state index is 12.7. The summed E-state index contributed by atoms with van der Waals surface area (Å²) in [5.41, 5.74) is 5.56. The third kappa shape index (κ3) is 4.22. The number of nitrogens with two attached hydrogens (primary N) is 1. The van der Waals surface area contributed by atoms with E-state index in [0.717, 1.165) is 25.0 Å². The minimum Gasteiger partial charge on any atom is -0.342 e. The number of hydrogen-bond acceptors (Lipinski definition) is 2. The summed E-state index contributed by atoms with van der Waals surface area (Å²) in [6.45, 7) is 3.17. The molecule has 0 saturated carbocycles. The lowest BCUT2D eigenvalue weighted by atomic mass is 9.92. The molecule has 1 aromatic rings. The Kier molecular flexibility index (Phi) is 5.11. The molecule has 1 aliphatic heterocycles. The number of alkyl halides is 3. The molecule has 0 aliphatic carbocycles. The predicted octanol–water partition coefficient (Wildman–Crippen LogP) is 2.83. The lowest BCUT2D eigenvalue weighted by molar-refractivity contribution is -0.138. The smallest absolute Gasteiger partial charge is 0.342 e. The number of hydrogen-bond donors (Lipinski definition) is 1. The first-order chi connectivity index (χ1) is 10.3. The van der Waals surface area contributed by atoms with Gasteiger partial charge in [0.2, 0.25) is 5.91 Å². The van der Waals surface area contributed by atoms with Gasteiger partial charge in [0.15, 0.2) is 0 Å². The summed E-state index contributed by atoms with van der Waals surface area (Å²) in [6.07, 6.45) is -2.51. The number of rotatable bonds is 3. The number of carbonyl (C=O) groups is 1. The van der Waals surface area contributed by atoms with Crippen LogP contribution in [0.15, 0.2) is 24.3 Å². The van der Waals surface area contributed by atoms with Crippen LogP contribution in [-0.4, -0.2) is 29.9 Å². The Hall–Kier alpha value is -1.56. The van der Waals surface area contributed by atoms with Crippen molar-refractivity contribution in [1.29, 1.82) is 0 Å². The molecule has 122 valence electrons. The SMILES string of the molecule is C[C@H](N)[C@H]1CCCN(C(=O)Cc2cccc(C(F)(F)F)c2)C1. The number of nitrogens with zero attached hydrogens (tertiary/aromatic N) is 1. The van der Waals surface area contributed by atoms with Gasteiger partial charge >= 0.3 is 6.18 Å². The van der Waals surface area contributed by atoms with Crippen LogP contribution in [0.2, 0.25) is 0 Å². The second-order valence-corrected chi connectivity index (χ2v) is 5.98. The zero-order chi connectivity index (χ0) is 16.3. The number of piperidine rings is 1. The highest BCUT2D eigenvalue weighted by Gasteiger charge is 2.31. The van der Waals surface area contributed by atoms with Crippen LogP contribution in [0.4, 0.5) is 13.2 Å². The van der Waals surface area contributed by atoms with E-state index < -0.39 is 11.7 Å². The van der Waals surface area contributed by atoms with Crippen molar-refractivity contribution in [2.45, 2.75) is 38.4 Å². The van der Waals surface area contributed by atoms with Gasteiger partial charge in [0.25, 0.3) is 0 Å². The molecule has 3 nitrogen and oxygen atoms in total.